The number of hydrazone groups is 1. The first kappa shape index (κ1) is 17.0. The van der Waals surface area contributed by atoms with Gasteiger partial charge in [-0.2, -0.15) is 5.10 Å². The molecule has 0 amide bonds. The Hall–Kier alpha value is -2.06. The van der Waals surface area contributed by atoms with Crippen molar-refractivity contribution in [1.82, 2.24) is 10.7 Å². The number of methoxy groups -OCH3 is 1. The van der Waals surface area contributed by atoms with Crippen molar-refractivity contribution in [2.45, 2.75) is 19.9 Å². The molecular formula is C13H18N4O3S. The molecule has 1 atom stereocenters. The molecule has 2 N–H and O–H groups in total. The molecule has 8 heteroatoms. The van der Waals surface area contributed by atoms with Gasteiger partial charge in [0.25, 0.3) is 5.69 Å². The first-order valence-corrected chi connectivity index (χ1v) is 6.69. The lowest BCUT2D eigenvalue weighted by Gasteiger charge is -2.14. The van der Waals surface area contributed by atoms with Gasteiger partial charge in [-0.25, -0.2) is 0 Å². The van der Waals surface area contributed by atoms with Crippen LogP contribution in [-0.2, 0) is 4.74 Å². The van der Waals surface area contributed by atoms with Crippen molar-refractivity contribution >= 4 is 28.7 Å². The molecule has 1 aromatic rings. The average Bonchev–Trinajstić information content (AvgIpc) is 2.45. The van der Waals surface area contributed by atoms with Gasteiger partial charge < -0.3 is 10.1 Å². The summed E-state index contributed by atoms with van der Waals surface area (Å²) in [7, 11) is 1.62. The molecule has 0 heterocycles. The molecule has 0 aromatic heterocycles. The van der Waals surface area contributed by atoms with E-state index in [4.69, 9.17) is 17.0 Å². The first-order chi connectivity index (χ1) is 9.93. The van der Waals surface area contributed by atoms with Crippen LogP contribution in [0.25, 0.3) is 0 Å². The molecule has 7 nitrogen and oxygen atoms in total. The molecule has 0 bridgehead atoms. The Balaban J connectivity index is 2.59. The summed E-state index contributed by atoms with van der Waals surface area (Å²) in [5.74, 6) is 0. The zero-order valence-corrected chi connectivity index (χ0v) is 12.9. The molecular weight excluding hydrogens is 292 g/mol. The third-order valence-electron chi connectivity index (χ3n) is 2.62. The SMILES string of the molecule is COC[C@H](C)NC(=S)N/N=C(/C)c1ccc([N+](=O)[O-])cc1. The Morgan fingerprint density at radius 2 is 2.10 bits per heavy atom. The van der Waals surface area contributed by atoms with Gasteiger partial charge in [0.1, 0.15) is 0 Å². The molecule has 21 heavy (non-hydrogen) atoms. The lowest BCUT2D eigenvalue weighted by Crippen LogP contribution is -2.40. The van der Waals surface area contributed by atoms with E-state index in [0.29, 0.717) is 17.4 Å². The number of hydrogen-bond donors (Lipinski definition) is 2. The van der Waals surface area contributed by atoms with Gasteiger partial charge in [0, 0.05) is 25.3 Å². The van der Waals surface area contributed by atoms with Gasteiger partial charge in [-0.3, -0.25) is 15.5 Å². The van der Waals surface area contributed by atoms with Crippen molar-refractivity contribution in [3.8, 4) is 0 Å². The molecule has 0 fully saturated rings. The van der Waals surface area contributed by atoms with Gasteiger partial charge in [-0.1, -0.05) is 0 Å². The summed E-state index contributed by atoms with van der Waals surface area (Å²) in [6.07, 6.45) is 0. The van der Waals surface area contributed by atoms with Crippen LogP contribution < -0.4 is 10.7 Å². The Bertz CT molecular complexity index is 531. The maximum Gasteiger partial charge on any atom is 0.269 e. The van der Waals surface area contributed by atoms with Gasteiger partial charge in [0.05, 0.1) is 17.2 Å². The monoisotopic (exact) mass is 310 g/mol. The molecule has 0 radical (unpaired) electrons. The highest BCUT2D eigenvalue weighted by atomic mass is 32.1. The molecule has 0 aliphatic carbocycles. The van der Waals surface area contributed by atoms with Crippen LogP contribution >= 0.6 is 12.2 Å². The predicted molar refractivity (Wildman–Crippen MR) is 85.5 cm³/mol. The molecule has 1 rings (SSSR count). The number of ether oxygens (including phenoxy) is 1. The quantitative estimate of drug-likeness (QED) is 0.360. The first-order valence-electron chi connectivity index (χ1n) is 6.28. The summed E-state index contributed by atoms with van der Waals surface area (Å²) in [5.41, 5.74) is 4.23. The van der Waals surface area contributed by atoms with Crippen molar-refractivity contribution in [2.24, 2.45) is 5.10 Å². The number of nitrogens with zero attached hydrogens (tertiary/aromatic N) is 2. The predicted octanol–water partition coefficient (Wildman–Crippen LogP) is 1.82. The van der Waals surface area contributed by atoms with Crippen LogP contribution in [0.5, 0.6) is 0 Å². The van der Waals surface area contributed by atoms with Crippen molar-refractivity contribution in [2.75, 3.05) is 13.7 Å². The smallest absolute Gasteiger partial charge is 0.269 e. The Morgan fingerprint density at radius 3 is 2.62 bits per heavy atom. The summed E-state index contributed by atoms with van der Waals surface area (Å²) >= 11 is 5.09. The van der Waals surface area contributed by atoms with Gasteiger partial charge in [-0.15, -0.1) is 0 Å². The Labute approximate surface area is 128 Å². The van der Waals surface area contributed by atoms with Crippen LogP contribution in [0.1, 0.15) is 19.4 Å². The number of thiocarbonyl (C=S) groups is 1. The van der Waals surface area contributed by atoms with E-state index in [9.17, 15) is 10.1 Å². The minimum atomic E-state index is -0.440. The topological polar surface area (TPSA) is 88.8 Å². The number of nitro benzene ring substituents is 1. The second kappa shape index (κ2) is 8.28. The number of rotatable bonds is 6. The number of nitro groups is 1. The molecule has 0 aliphatic rings. The van der Waals surface area contributed by atoms with Crippen LogP contribution in [-0.4, -0.2) is 35.5 Å². The van der Waals surface area contributed by atoms with Crippen molar-refractivity contribution in [3.05, 3.63) is 39.9 Å². The Morgan fingerprint density at radius 1 is 1.48 bits per heavy atom. The van der Waals surface area contributed by atoms with Crippen LogP contribution in [0.2, 0.25) is 0 Å². The van der Waals surface area contributed by atoms with Crippen LogP contribution in [0.3, 0.4) is 0 Å². The highest BCUT2D eigenvalue weighted by Crippen LogP contribution is 2.12. The minimum Gasteiger partial charge on any atom is -0.383 e. The molecule has 0 aliphatic heterocycles. The number of nitrogens with one attached hydrogen (secondary N) is 2. The number of non-ortho nitro benzene ring substituents is 1. The van der Waals surface area contributed by atoms with Gasteiger partial charge in [0.2, 0.25) is 0 Å². The zero-order valence-electron chi connectivity index (χ0n) is 12.1. The largest absolute Gasteiger partial charge is 0.383 e. The number of benzene rings is 1. The summed E-state index contributed by atoms with van der Waals surface area (Å²) in [6.45, 7) is 4.26. The highest BCUT2D eigenvalue weighted by molar-refractivity contribution is 7.80. The molecule has 0 spiro atoms. The van der Waals surface area contributed by atoms with E-state index in [1.54, 1.807) is 26.2 Å². The van der Waals surface area contributed by atoms with Crippen molar-refractivity contribution in [1.29, 1.82) is 0 Å². The van der Waals surface area contributed by atoms with Crippen LogP contribution in [0, 0.1) is 10.1 Å². The summed E-state index contributed by atoms with van der Waals surface area (Å²) in [4.78, 5) is 10.1. The zero-order chi connectivity index (χ0) is 15.8. The van der Waals surface area contributed by atoms with Crippen molar-refractivity contribution < 1.29 is 9.66 Å². The average molecular weight is 310 g/mol. The molecule has 1 aromatic carbocycles. The van der Waals surface area contributed by atoms with E-state index >= 15 is 0 Å². The van der Waals surface area contributed by atoms with E-state index in [2.05, 4.69) is 15.8 Å². The van der Waals surface area contributed by atoms with E-state index in [1.807, 2.05) is 6.92 Å². The lowest BCUT2D eigenvalue weighted by molar-refractivity contribution is -0.384. The fourth-order valence-corrected chi connectivity index (χ4v) is 1.82. The Kier molecular flexibility index (Phi) is 6.70. The second-order valence-corrected chi connectivity index (χ2v) is 4.85. The lowest BCUT2D eigenvalue weighted by atomic mass is 10.1. The van der Waals surface area contributed by atoms with E-state index < -0.39 is 4.92 Å². The van der Waals surface area contributed by atoms with Gasteiger partial charge in [0.15, 0.2) is 5.11 Å². The summed E-state index contributed by atoms with van der Waals surface area (Å²) in [5, 5.41) is 18.1. The maximum atomic E-state index is 10.6. The third kappa shape index (κ3) is 5.84. The van der Waals surface area contributed by atoms with Gasteiger partial charge >= 0.3 is 0 Å². The van der Waals surface area contributed by atoms with Gasteiger partial charge in [-0.05, 0) is 43.8 Å². The summed E-state index contributed by atoms with van der Waals surface area (Å²) in [6, 6.07) is 6.23. The maximum absolute atomic E-state index is 10.6. The van der Waals surface area contributed by atoms with E-state index in [-0.39, 0.29) is 11.7 Å². The molecule has 114 valence electrons. The second-order valence-electron chi connectivity index (χ2n) is 4.44. The fourth-order valence-electron chi connectivity index (χ4n) is 1.57. The number of hydrogen-bond acceptors (Lipinski definition) is 5. The van der Waals surface area contributed by atoms with Crippen LogP contribution in [0.4, 0.5) is 5.69 Å². The van der Waals surface area contributed by atoms with E-state index in [0.717, 1.165) is 5.56 Å². The molecule has 0 saturated heterocycles. The fraction of sp³-hybridized carbons (Fsp3) is 0.385. The van der Waals surface area contributed by atoms with Crippen LogP contribution in [0.15, 0.2) is 29.4 Å². The highest BCUT2D eigenvalue weighted by Gasteiger charge is 2.06. The summed E-state index contributed by atoms with van der Waals surface area (Å²) < 4.78 is 4.99. The standard InChI is InChI=1S/C13H18N4O3S/c1-9(8-20-3)14-13(21)16-15-10(2)11-4-6-12(7-5-11)17(18)19/h4-7,9H,8H2,1-3H3,(H2,14,16,21)/b15-10-/t9-/m0/s1. The van der Waals surface area contributed by atoms with Crippen molar-refractivity contribution in [3.63, 3.8) is 0 Å². The van der Waals surface area contributed by atoms with E-state index in [1.165, 1.54) is 12.1 Å². The molecule has 0 saturated carbocycles. The molecule has 0 unspecified atom stereocenters. The normalized spacial score (nSPS) is 12.6. The minimum absolute atomic E-state index is 0.0464. The third-order valence-corrected chi connectivity index (χ3v) is 2.82.